The standard InChI is InChI=1S/C10H16N4O2S/c1-4-11-8(15)5-7-9(16)12-10(17-7)14-13-6(2)3/h7,13H,2,4-5H2,1,3H3,(H,11,15)(H,12,14,16)/t7-/m0/s1. The van der Waals surface area contributed by atoms with Crippen molar-refractivity contribution in [2.24, 2.45) is 5.10 Å². The number of allylic oxidation sites excluding steroid dienone is 1. The maximum Gasteiger partial charge on any atom is 0.240 e. The average Bonchev–Trinajstić information content (AvgIpc) is 2.57. The summed E-state index contributed by atoms with van der Waals surface area (Å²) < 4.78 is 0. The Morgan fingerprint density at radius 3 is 2.94 bits per heavy atom. The van der Waals surface area contributed by atoms with Crippen LogP contribution in [0.5, 0.6) is 0 Å². The lowest BCUT2D eigenvalue weighted by molar-refractivity contribution is -0.125. The summed E-state index contributed by atoms with van der Waals surface area (Å²) in [6, 6.07) is 0. The molecule has 1 atom stereocenters. The second-order valence-electron chi connectivity index (χ2n) is 3.56. The maximum atomic E-state index is 11.5. The molecule has 1 saturated heterocycles. The molecule has 0 radical (unpaired) electrons. The highest BCUT2D eigenvalue weighted by molar-refractivity contribution is 8.15. The van der Waals surface area contributed by atoms with Crippen LogP contribution in [0.1, 0.15) is 20.3 Å². The molecule has 2 amide bonds. The third-order valence-corrected chi connectivity index (χ3v) is 2.95. The van der Waals surface area contributed by atoms with E-state index >= 15 is 0 Å². The van der Waals surface area contributed by atoms with Crippen LogP contribution < -0.4 is 16.1 Å². The fourth-order valence-corrected chi connectivity index (χ4v) is 2.10. The molecule has 1 rings (SSSR count). The predicted octanol–water partition coefficient (Wildman–Crippen LogP) is 0.138. The molecule has 3 N–H and O–H groups in total. The number of hydrazone groups is 1. The van der Waals surface area contributed by atoms with Gasteiger partial charge in [0.25, 0.3) is 0 Å². The average molecular weight is 256 g/mol. The van der Waals surface area contributed by atoms with E-state index in [2.05, 4.69) is 27.7 Å². The molecule has 0 unspecified atom stereocenters. The number of hydrogen-bond acceptors (Lipinski definition) is 5. The minimum atomic E-state index is -0.410. The van der Waals surface area contributed by atoms with E-state index in [1.165, 1.54) is 11.8 Å². The number of rotatable bonds is 5. The van der Waals surface area contributed by atoms with Gasteiger partial charge in [-0.05, 0) is 13.8 Å². The Labute approximate surface area is 104 Å². The Morgan fingerprint density at radius 1 is 1.65 bits per heavy atom. The quantitative estimate of drug-likeness (QED) is 0.611. The van der Waals surface area contributed by atoms with E-state index in [-0.39, 0.29) is 18.2 Å². The first-order valence-electron chi connectivity index (χ1n) is 5.26. The van der Waals surface area contributed by atoms with Gasteiger partial charge < -0.3 is 10.6 Å². The monoisotopic (exact) mass is 256 g/mol. The second kappa shape index (κ2) is 6.29. The molecule has 0 aromatic rings. The van der Waals surface area contributed by atoms with Crippen molar-refractivity contribution in [3.63, 3.8) is 0 Å². The van der Waals surface area contributed by atoms with Crippen LogP contribution in [0.15, 0.2) is 17.4 Å². The summed E-state index contributed by atoms with van der Waals surface area (Å²) >= 11 is 1.24. The zero-order valence-corrected chi connectivity index (χ0v) is 10.7. The highest BCUT2D eigenvalue weighted by Crippen LogP contribution is 2.21. The highest BCUT2D eigenvalue weighted by atomic mass is 32.2. The molecule has 1 aliphatic rings. The van der Waals surface area contributed by atoms with Crippen LogP contribution in [0.3, 0.4) is 0 Å². The molecule has 0 bridgehead atoms. The van der Waals surface area contributed by atoms with Crippen LogP contribution in [0, 0.1) is 0 Å². The molecule has 0 spiro atoms. The Hall–Kier alpha value is -1.50. The largest absolute Gasteiger partial charge is 0.356 e. The zero-order valence-electron chi connectivity index (χ0n) is 9.87. The van der Waals surface area contributed by atoms with Gasteiger partial charge in [0.05, 0.1) is 0 Å². The number of nitrogens with zero attached hydrogens (tertiary/aromatic N) is 1. The van der Waals surface area contributed by atoms with Gasteiger partial charge in [-0.1, -0.05) is 18.3 Å². The molecular formula is C10H16N4O2S. The Morgan fingerprint density at radius 2 is 2.35 bits per heavy atom. The van der Waals surface area contributed by atoms with Crippen LogP contribution >= 0.6 is 11.8 Å². The van der Waals surface area contributed by atoms with Crippen LogP contribution in [-0.4, -0.2) is 28.8 Å². The van der Waals surface area contributed by atoms with Crippen molar-refractivity contribution in [3.8, 4) is 0 Å². The van der Waals surface area contributed by atoms with Gasteiger partial charge in [0, 0.05) is 18.7 Å². The van der Waals surface area contributed by atoms with E-state index < -0.39 is 5.25 Å². The molecule has 7 heteroatoms. The normalized spacial score (nSPS) is 21.2. The number of amides is 2. The van der Waals surface area contributed by atoms with Crippen LogP contribution in [0.2, 0.25) is 0 Å². The summed E-state index contributed by atoms with van der Waals surface area (Å²) in [5.41, 5.74) is 3.34. The molecular weight excluding hydrogens is 240 g/mol. The summed E-state index contributed by atoms with van der Waals surface area (Å²) in [5.74, 6) is -0.322. The molecule has 0 aromatic carbocycles. The lowest BCUT2D eigenvalue weighted by Gasteiger charge is -2.04. The van der Waals surface area contributed by atoms with Crippen molar-refractivity contribution >= 4 is 28.7 Å². The van der Waals surface area contributed by atoms with Gasteiger partial charge in [0.15, 0.2) is 5.17 Å². The summed E-state index contributed by atoms with van der Waals surface area (Å²) in [6.45, 7) is 7.79. The first kappa shape index (κ1) is 13.6. The van der Waals surface area contributed by atoms with E-state index in [0.29, 0.717) is 17.4 Å². The molecule has 0 aromatic heterocycles. The fourth-order valence-electron chi connectivity index (χ4n) is 1.18. The summed E-state index contributed by atoms with van der Waals surface area (Å²) in [6.07, 6.45) is 0.163. The van der Waals surface area contributed by atoms with Gasteiger partial charge in [-0.25, -0.2) is 0 Å². The molecule has 0 aliphatic carbocycles. The lowest BCUT2D eigenvalue weighted by Crippen LogP contribution is -2.31. The van der Waals surface area contributed by atoms with E-state index in [0.717, 1.165) is 0 Å². The van der Waals surface area contributed by atoms with E-state index in [1.807, 2.05) is 6.92 Å². The number of amidine groups is 1. The molecule has 94 valence electrons. The summed E-state index contributed by atoms with van der Waals surface area (Å²) in [4.78, 5) is 22.9. The fraction of sp³-hybridized carbons (Fsp3) is 0.500. The van der Waals surface area contributed by atoms with E-state index in [1.54, 1.807) is 6.92 Å². The summed E-state index contributed by atoms with van der Waals surface area (Å²) in [5, 5.41) is 9.25. The van der Waals surface area contributed by atoms with Gasteiger partial charge in [0.2, 0.25) is 11.8 Å². The second-order valence-corrected chi connectivity index (χ2v) is 4.75. The smallest absolute Gasteiger partial charge is 0.240 e. The Kier molecular flexibility index (Phi) is 5.02. The number of carbonyl (C=O) groups excluding carboxylic acids is 2. The van der Waals surface area contributed by atoms with Crippen molar-refractivity contribution in [3.05, 3.63) is 12.3 Å². The number of hydrogen-bond donors (Lipinski definition) is 3. The molecule has 1 aliphatic heterocycles. The molecule has 6 nitrogen and oxygen atoms in total. The number of nitrogens with one attached hydrogen (secondary N) is 3. The van der Waals surface area contributed by atoms with Gasteiger partial charge in [-0.3, -0.25) is 15.0 Å². The predicted molar refractivity (Wildman–Crippen MR) is 68.2 cm³/mol. The van der Waals surface area contributed by atoms with Gasteiger partial charge >= 0.3 is 0 Å². The minimum absolute atomic E-state index is 0.130. The number of carbonyl (C=O) groups is 2. The summed E-state index contributed by atoms with van der Waals surface area (Å²) in [7, 11) is 0. The third-order valence-electron chi connectivity index (χ3n) is 1.87. The van der Waals surface area contributed by atoms with Gasteiger partial charge in [0.1, 0.15) is 5.25 Å². The first-order chi connectivity index (χ1) is 8.02. The minimum Gasteiger partial charge on any atom is -0.356 e. The van der Waals surface area contributed by atoms with Gasteiger partial charge in [-0.15, -0.1) is 0 Å². The molecule has 1 fully saturated rings. The van der Waals surface area contributed by atoms with Crippen molar-refractivity contribution in [2.75, 3.05) is 6.54 Å². The van der Waals surface area contributed by atoms with Crippen LogP contribution in [0.25, 0.3) is 0 Å². The highest BCUT2D eigenvalue weighted by Gasteiger charge is 2.31. The molecule has 17 heavy (non-hydrogen) atoms. The van der Waals surface area contributed by atoms with Crippen molar-refractivity contribution in [2.45, 2.75) is 25.5 Å². The Bertz CT molecular complexity index is 367. The van der Waals surface area contributed by atoms with Crippen molar-refractivity contribution in [1.29, 1.82) is 0 Å². The SMILES string of the molecule is C=C(C)N/N=C1/NC(=O)[C@H](CC(=O)NCC)S1. The van der Waals surface area contributed by atoms with E-state index in [9.17, 15) is 9.59 Å². The Balaban J connectivity index is 2.49. The van der Waals surface area contributed by atoms with Crippen LogP contribution in [0.4, 0.5) is 0 Å². The van der Waals surface area contributed by atoms with Crippen molar-refractivity contribution in [1.82, 2.24) is 16.1 Å². The van der Waals surface area contributed by atoms with E-state index in [4.69, 9.17) is 0 Å². The topological polar surface area (TPSA) is 82.6 Å². The maximum absolute atomic E-state index is 11.5. The molecule has 0 saturated carbocycles. The zero-order chi connectivity index (χ0) is 12.8. The van der Waals surface area contributed by atoms with Crippen molar-refractivity contribution < 1.29 is 9.59 Å². The first-order valence-corrected chi connectivity index (χ1v) is 6.14. The molecule has 1 heterocycles. The lowest BCUT2D eigenvalue weighted by atomic mass is 10.3. The number of thioether (sulfide) groups is 1. The van der Waals surface area contributed by atoms with Gasteiger partial charge in [-0.2, -0.15) is 5.10 Å². The van der Waals surface area contributed by atoms with Crippen LogP contribution in [-0.2, 0) is 9.59 Å². The third kappa shape index (κ3) is 4.48.